The van der Waals surface area contributed by atoms with Crippen LogP contribution in [0.15, 0.2) is 42.5 Å². The number of carbonyl (C=O) groups excluding carboxylic acids is 1. The Bertz CT molecular complexity index is 818. The van der Waals surface area contributed by atoms with Crippen LogP contribution in [0.3, 0.4) is 0 Å². The summed E-state index contributed by atoms with van der Waals surface area (Å²) in [5.41, 5.74) is -4.07. The van der Waals surface area contributed by atoms with Crippen LogP contribution in [-0.2, 0) is 12.4 Å². The molecule has 0 radical (unpaired) electrons. The monoisotopic (exact) mass is 410 g/mol. The molecule has 0 aliphatic rings. The van der Waals surface area contributed by atoms with Crippen LogP contribution in [0.25, 0.3) is 0 Å². The molecule has 0 heterocycles. The maximum absolute atomic E-state index is 13.5. The molecule has 0 aromatic heterocycles. The highest BCUT2D eigenvalue weighted by Crippen LogP contribution is 2.37. The lowest BCUT2D eigenvalue weighted by atomic mass is 10.1. The van der Waals surface area contributed by atoms with Gasteiger partial charge >= 0.3 is 18.4 Å². The van der Waals surface area contributed by atoms with E-state index in [2.05, 4.69) is 0 Å². The van der Waals surface area contributed by atoms with Gasteiger partial charge in [-0.2, -0.15) is 26.3 Å². The molecule has 11 heteroatoms. The molecule has 0 saturated heterocycles. The summed E-state index contributed by atoms with van der Waals surface area (Å²) in [6.45, 7) is -0.530. The van der Waals surface area contributed by atoms with Crippen molar-refractivity contribution in [2.45, 2.75) is 18.5 Å². The molecule has 0 bridgehead atoms. The van der Waals surface area contributed by atoms with E-state index in [0.717, 1.165) is 6.07 Å². The molecule has 4 nitrogen and oxygen atoms in total. The van der Waals surface area contributed by atoms with E-state index < -0.39 is 53.7 Å². The van der Waals surface area contributed by atoms with Gasteiger partial charge < -0.3 is 15.7 Å². The fraction of sp³-hybridized carbons (Fsp3) is 0.235. The molecule has 0 saturated carbocycles. The summed E-state index contributed by atoms with van der Waals surface area (Å²) in [5.74, 6) is -0.745. The molecule has 0 aliphatic heterocycles. The number of urea groups is 1. The number of carbonyl (C=O) groups is 1. The highest BCUT2D eigenvalue weighted by molar-refractivity contribution is 5.89. The maximum Gasteiger partial charge on any atom is 0.416 e. The number of nitrogens with one attached hydrogen (secondary N) is 2. The van der Waals surface area contributed by atoms with Crippen LogP contribution in [-0.4, -0.2) is 17.7 Å². The minimum absolute atomic E-state index is 0.0784. The highest BCUT2D eigenvalue weighted by atomic mass is 19.4. The lowest BCUT2D eigenvalue weighted by Gasteiger charge is -2.16. The average molecular weight is 410 g/mol. The summed E-state index contributed by atoms with van der Waals surface area (Å²) >= 11 is 0. The summed E-state index contributed by atoms with van der Waals surface area (Å²) in [6.07, 6.45) is -11.6. The van der Waals surface area contributed by atoms with E-state index in [1.54, 1.807) is 0 Å². The van der Waals surface area contributed by atoms with E-state index in [-0.39, 0.29) is 11.6 Å². The molecule has 152 valence electrons. The van der Waals surface area contributed by atoms with Crippen LogP contribution in [0.1, 0.15) is 22.8 Å². The van der Waals surface area contributed by atoms with Crippen molar-refractivity contribution in [3.63, 3.8) is 0 Å². The van der Waals surface area contributed by atoms with E-state index in [4.69, 9.17) is 0 Å². The van der Waals surface area contributed by atoms with Crippen LogP contribution in [0.2, 0.25) is 0 Å². The Balaban J connectivity index is 2.12. The third kappa shape index (κ3) is 5.59. The first-order valence-corrected chi connectivity index (χ1v) is 7.65. The second kappa shape index (κ2) is 8.05. The second-order valence-electron chi connectivity index (χ2n) is 5.67. The number of aliphatic hydroxyl groups excluding tert-OH is 1. The maximum atomic E-state index is 13.5. The summed E-state index contributed by atoms with van der Waals surface area (Å²) in [7, 11) is 0. The van der Waals surface area contributed by atoms with Gasteiger partial charge in [-0.15, -0.1) is 0 Å². The Kier molecular flexibility index (Phi) is 6.17. The van der Waals surface area contributed by atoms with Gasteiger partial charge in [0.05, 0.1) is 17.2 Å². The number of alkyl halides is 6. The van der Waals surface area contributed by atoms with Gasteiger partial charge in [-0.3, -0.25) is 0 Å². The Hall–Kier alpha value is -2.82. The van der Waals surface area contributed by atoms with Crippen LogP contribution < -0.4 is 10.6 Å². The lowest BCUT2D eigenvalue weighted by Crippen LogP contribution is -2.32. The first kappa shape index (κ1) is 21.5. The molecule has 2 rings (SSSR count). The van der Waals surface area contributed by atoms with Gasteiger partial charge in [0, 0.05) is 17.8 Å². The van der Waals surface area contributed by atoms with Gasteiger partial charge in [0.2, 0.25) is 0 Å². The van der Waals surface area contributed by atoms with Crippen molar-refractivity contribution < 1.29 is 40.6 Å². The number of hydrogen-bond donors (Lipinski definition) is 3. The average Bonchev–Trinajstić information content (AvgIpc) is 2.58. The second-order valence-corrected chi connectivity index (χ2v) is 5.67. The molecule has 1 atom stereocenters. The van der Waals surface area contributed by atoms with E-state index in [0.29, 0.717) is 12.1 Å². The first-order valence-electron chi connectivity index (χ1n) is 7.65. The first-order chi connectivity index (χ1) is 12.9. The Morgan fingerprint density at radius 1 is 0.964 bits per heavy atom. The zero-order valence-corrected chi connectivity index (χ0v) is 13.8. The zero-order valence-electron chi connectivity index (χ0n) is 13.8. The van der Waals surface area contributed by atoms with Crippen molar-refractivity contribution in [3.05, 3.63) is 65.0 Å². The van der Waals surface area contributed by atoms with E-state index in [9.17, 15) is 40.6 Å². The molecule has 2 amide bonds. The molecule has 1 unspecified atom stereocenters. The minimum Gasteiger partial charge on any atom is -0.386 e. The molecule has 28 heavy (non-hydrogen) atoms. The number of rotatable bonds is 4. The number of hydrogen-bond acceptors (Lipinski definition) is 2. The molecular formula is C17H13F7N2O2. The Labute approximate surface area is 154 Å². The number of anilines is 1. The molecule has 0 aliphatic carbocycles. The zero-order chi connectivity index (χ0) is 21.1. The summed E-state index contributed by atoms with van der Waals surface area (Å²) in [4.78, 5) is 11.8. The molecule has 0 spiro atoms. The van der Waals surface area contributed by atoms with Crippen LogP contribution in [0.4, 0.5) is 41.2 Å². The van der Waals surface area contributed by atoms with Crippen molar-refractivity contribution in [1.82, 2.24) is 5.32 Å². The van der Waals surface area contributed by atoms with Gasteiger partial charge in [-0.05, 0) is 24.3 Å². The van der Waals surface area contributed by atoms with Crippen molar-refractivity contribution in [1.29, 1.82) is 0 Å². The van der Waals surface area contributed by atoms with Gasteiger partial charge in [-0.1, -0.05) is 18.2 Å². The fourth-order valence-corrected chi connectivity index (χ4v) is 2.25. The highest BCUT2D eigenvalue weighted by Gasteiger charge is 2.37. The van der Waals surface area contributed by atoms with Crippen molar-refractivity contribution in [2.24, 2.45) is 0 Å². The third-order valence-electron chi connectivity index (χ3n) is 3.57. The van der Waals surface area contributed by atoms with Gasteiger partial charge in [0.25, 0.3) is 0 Å². The quantitative estimate of drug-likeness (QED) is 0.639. The number of aliphatic hydroxyl groups is 1. The lowest BCUT2D eigenvalue weighted by molar-refractivity contribution is -0.143. The number of halogens is 7. The molecule has 0 fully saturated rings. The van der Waals surface area contributed by atoms with Gasteiger partial charge in [-0.25, -0.2) is 9.18 Å². The Morgan fingerprint density at radius 3 is 2.00 bits per heavy atom. The Morgan fingerprint density at radius 2 is 1.50 bits per heavy atom. The molecular weight excluding hydrogens is 397 g/mol. The third-order valence-corrected chi connectivity index (χ3v) is 3.57. The van der Waals surface area contributed by atoms with Crippen molar-refractivity contribution in [3.8, 4) is 0 Å². The number of amides is 2. The standard InChI is InChI=1S/C17H13F7N2O2/c18-13-4-2-1-3-12(13)14(27)8-25-15(28)26-11-6-9(16(19,20)21)5-10(7-11)17(22,23)24/h1-7,14,27H,8H2,(H2,25,26,28). The summed E-state index contributed by atoms with van der Waals surface area (Å²) in [6, 6.07) is 4.54. The predicted octanol–water partition coefficient (Wildman–Crippen LogP) is 4.72. The molecule has 2 aromatic carbocycles. The predicted molar refractivity (Wildman–Crippen MR) is 84.8 cm³/mol. The topological polar surface area (TPSA) is 61.4 Å². The van der Waals surface area contributed by atoms with E-state index in [1.807, 2.05) is 10.6 Å². The van der Waals surface area contributed by atoms with Crippen LogP contribution in [0, 0.1) is 5.82 Å². The van der Waals surface area contributed by atoms with Crippen LogP contribution in [0.5, 0.6) is 0 Å². The SMILES string of the molecule is O=C(NCC(O)c1ccccc1F)Nc1cc(C(F)(F)F)cc(C(F)(F)F)c1. The van der Waals surface area contributed by atoms with Crippen molar-refractivity contribution in [2.75, 3.05) is 11.9 Å². The van der Waals surface area contributed by atoms with Crippen LogP contribution >= 0.6 is 0 Å². The normalized spacial score (nSPS) is 13.1. The summed E-state index contributed by atoms with van der Waals surface area (Å²) in [5, 5.41) is 13.7. The van der Waals surface area contributed by atoms with E-state index in [1.165, 1.54) is 18.2 Å². The molecule has 3 N–H and O–H groups in total. The minimum atomic E-state index is -5.06. The number of benzene rings is 2. The van der Waals surface area contributed by atoms with Crippen molar-refractivity contribution >= 4 is 11.7 Å². The summed E-state index contributed by atoms with van der Waals surface area (Å²) < 4.78 is 90.3. The molecule has 2 aromatic rings. The van der Waals surface area contributed by atoms with Gasteiger partial charge in [0.15, 0.2) is 0 Å². The smallest absolute Gasteiger partial charge is 0.386 e. The van der Waals surface area contributed by atoms with Gasteiger partial charge in [0.1, 0.15) is 5.82 Å². The van der Waals surface area contributed by atoms with E-state index >= 15 is 0 Å². The largest absolute Gasteiger partial charge is 0.416 e. The fourth-order valence-electron chi connectivity index (χ4n) is 2.25.